The van der Waals surface area contributed by atoms with Crippen LogP contribution in [0.4, 0.5) is 0 Å². The van der Waals surface area contributed by atoms with Gasteiger partial charge in [-0.2, -0.15) is 0 Å². The number of nitrogens with one attached hydrogen (secondary N) is 1. The van der Waals surface area contributed by atoms with Gasteiger partial charge in [-0.25, -0.2) is 4.98 Å². The van der Waals surface area contributed by atoms with Gasteiger partial charge in [-0.3, -0.25) is 4.79 Å². The third-order valence-electron chi connectivity index (χ3n) is 1.25. The summed E-state index contributed by atoms with van der Waals surface area (Å²) in [7, 11) is 0. The number of hydrogen-bond acceptors (Lipinski definition) is 3. The Hall–Kier alpha value is -1.21. The van der Waals surface area contributed by atoms with Gasteiger partial charge in [0.2, 0.25) is 0 Å². The number of carbonyl (C=O) groups excluding carboxylic acids is 1. The molecule has 0 aliphatic heterocycles. The minimum absolute atomic E-state index is 0.142. The molecule has 0 aliphatic carbocycles. The minimum Gasteiger partial charge on any atom is -0.338 e. The third kappa shape index (κ3) is 4.38. The number of rotatable bonds is 2. The molecule has 0 radical (unpaired) electrons. The lowest BCUT2D eigenvalue weighted by Crippen LogP contribution is -1.84. The SMILES string of the molecule is CC(=O)SCCC#Cc1cnc[nH]1. The van der Waals surface area contributed by atoms with E-state index in [0.29, 0.717) is 0 Å². The quantitative estimate of drug-likeness (QED) is 0.572. The van der Waals surface area contributed by atoms with Crippen LogP contribution in [0.15, 0.2) is 12.5 Å². The van der Waals surface area contributed by atoms with Gasteiger partial charge in [0.25, 0.3) is 0 Å². The zero-order valence-electron chi connectivity index (χ0n) is 7.33. The maximum atomic E-state index is 10.5. The first-order valence-corrected chi connectivity index (χ1v) is 4.88. The smallest absolute Gasteiger partial charge is 0.185 e. The molecular formula is C9H10N2OS. The molecule has 1 rings (SSSR count). The molecule has 1 heterocycles. The molecule has 0 aromatic carbocycles. The van der Waals surface area contributed by atoms with Crippen molar-refractivity contribution in [2.45, 2.75) is 13.3 Å². The van der Waals surface area contributed by atoms with E-state index in [2.05, 4.69) is 21.8 Å². The van der Waals surface area contributed by atoms with E-state index >= 15 is 0 Å². The predicted molar refractivity (Wildman–Crippen MR) is 53.2 cm³/mol. The second kappa shape index (κ2) is 5.44. The topological polar surface area (TPSA) is 45.8 Å². The molecule has 0 unspecified atom stereocenters. The molecule has 0 bridgehead atoms. The highest BCUT2D eigenvalue weighted by atomic mass is 32.2. The van der Waals surface area contributed by atoms with Gasteiger partial charge >= 0.3 is 0 Å². The lowest BCUT2D eigenvalue weighted by atomic mass is 10.4. The number of imidazole rings is 1. The second-order valence-corrected chi connectivity index (χ2v) is 3.63. The van der Waals surface area contributed by atoms with Crippen molar-refractivity contribution < 1.29 is 4.79 Å². The number of nitrogens with zero attached hydrogens (tertiary/aromatic N) is 1. The zero-order chi connectivity index (χ0) is 9.52. The second-order valence-electron chi connectivity index (χ2n) is 2.36. The van der Waals surface area contributed by atoms with E-state index in [9.17, 15) is 4.79 Å². The summed E-state index contributed by atoms with van der Waals surface area (Å²) in [5.74, 6) is 6.61. The average molecular weight is 194 g/mol. The molecule has 4 heteroatoms. The standard InChI is InChI=1S/C9H10N2OS/c1-8(12)13-5-3-2-4-9-6-10-7-11-9/h6-7H,3,5H2,1H3,(H,10,11). The van der Waals surface area contributed by atoms with Crippen molar-refractivity contribution in [1.82, 2.24) is 9.97 Å². The van der Waals surface area contributed by atoms with E-state index in [4.69, 9.17) is 0 Å². The van der Waals surface area contributed by atoms with Gasteiger partial charge in [0.1, 0.15) is 5.69 Å². The summed E-state index contributed by atoms with van der Waals surface area (Å²) in [6.45, 7) is 1.56. The summed E-state index contributed by atoms with van der Waals surface area (Å²) in [5.41, 5.74) is 0.813. The van der Waals surface area contributed by atoms with Crippen molar-refractivity contribution in [1.29, 1.82) is 0 Å². The Bertz CT molecular complexity index is 321. The van der Waals surface area contributed by atoms with Crippen LogP contribution in [0.3, 0.4) is 0 Å². The zero-order valence-corrected chi connectivity index (χ0v) is 8.15. The maximum Gasteiger partial charge on any atom is 0.185 e. The Morgan fingerprint density at radius 1 is 1.77 bits per heavy atom. The molecule has 3 nitrogen and oxygen atoms in total. The molecule has 1 aromatic rings. The summed E-state index contributed by atoms with van der Waals surface area (Å²) in [6.07, 6.45) is 3.99. The van der Waals surface area contributed by atoms with E-state index in [1.807, 2.05) is 0 Å². The molecule has 1 aromatic heterocycles. The first-order chi connectivity index (χ1) is 6.29. The summed E-state index contributed by atoms with van der Waals surface area (Å²) >= 11 is 1.30. The minimum atomic E-state index is 0.142. The van der Waals surface area contributed by atoms with E-state index in [1.165, 1.54) is 11.8 Å². The van der Waals surface area contributed by atoms with Gasteiger partial charge < -0.3 is 4.98 Å². The van der Waals surface area contributed by atoms with E-state index in [1.54, 1.807) is 19.4 Å². The Balaban J connectivity index is 2.22. The first kappa shape index (κ1) is 9.87. The summed E-state index contributed by atoms with van der Waals surface area (Å²) < 4.78 is 0. The van der Waals surface area contributed by atoms with E-state index in [-0.39, 0.29) is 5.12 Å². The van der Waals surface area contributed by atoms with Gasteiger partial charge in [0.15, 0.2) is 5.12 Å². The number of thioether (sulfide) groups is 1. The fraction of sp³-hybridized carbons (Fsp3) is 0.333. The molecule has 0 spiro atoms. The molecule has 0 saturated heterocycles. The third-order valence-corrected chi connectivity index (χ3v) is 2.07. The molecule has 68 valence electrons. The molecule has 0 aliphatic rings. The fourth-order valence-corrected chi connectivity index (χ4v) is 1.22. The average Bonchev–Trinajstić information content (AvgIpc) is 2.55. The van der Waals surface area contributed by atoms with Gasteiger partial charge in [-0.05, 0) is 5.92 Å². The number of H-pyrrole nitrogens is 1. The number of carbonyl (C=O) groups is 1. The monoisotopic (exact) mass is 194 g/mol. The molecule has 0 saturated carbocycles. The summed E-state index contributed by atoms with van der Waals surface area (Å²) in [5, 5.41) is 0.142. The van der Waals surface area contributed by atoms with Gasteiger partial charge in [-0.1, -0.05) is 17.7 Å². The maximum absolute atomic E-state index is 10.5. The Morgan fingerprint density at radius 3 is 3.23 bits per heavy atom. The van der Waals surface area contributed by atoms with Crippen molar-refractivity contribution in [3.63, 3.8) is 0 Å². The molecule has 1 N–H and O–H groups in total. The van der Waals surface area contributed by atoms with Crippen molar-refractivity contribution in [3.05, 3.63) is 18.2 Å². The Kier molecular flexibility index (Phi) is 4.13. The number of aromatic amines is 1. The lowest BCUT2D eigenvalue weighted by Gasteiger charge is -1.87. The molecular weight excluding hydrogens is 184 g/mol. The van der Waals surface area contributed by atoms with Crippen LogP contribution >= 0.6 is 11.8 Å². The number of aromatic nitrogens is 2. The molecule has 13 heavy (non-hydrogen) atoms. The van der Waals surface area contributed by atoms with E-state index < -0.39 is 0 Å². The van der Waals surface area contributed by atoms with Crippen LogP contribution in [0.5, 0.6) is 0 Å². The van der Waals surface area contributed by atoms with Crippen LogP contribution in [0.1, 0.15) is 19.0 Å². The molecule has 0 fully saturated rings. The van der Waals surface area contributed by atoms with Crippen LogP contribution in [0.25, 0.3) is 0 Å². The van der Waals surface area contributed by atoms with Crippen LogP contribution in [-0.4, -0.2) is 20.8 Å². The highest BCUT2D eigenvalue weighted by Gasteiger charge is 1.90. The van der Waals surface area contributed by atoms with E-state index in [0.717, 1.165) is 17.9 Å². The highest BCUT2D eigenvalue weighted by molar-refractivity contribution is 8.13. The van der Waals surface area contributed by atoms with Gasteiger partial charge in [0.05, 0.1) is 12.5 Å². The Labute approximate surface area is 81.3 Å². The van der Waals surface area contributed by atoms with Crippen molar-refractivity contribution in [3.8, 4) is 11.8 Å². The number of hydrogen-bond donors (Lipinski definition) is 1. The van der Waals surface area contributed by atoms with Crippen molar-refractivity contribution in [2.75, 3.05) is 5.75 Å². The largest absolute Gasteiger partial charge is 0.338 e. The predicted octanol–water partition coefficient (Wildman–Crippen LogP) is 1.43. The van der Waals surface area contributed by atoms with Crippen molar-refractivity contribution >= 4 is 16.9 Å². The lowest BCUT2D eigenvalue weighted by molar-refractivity contribution is -0.109. The van der Waals surface area contributed by atoms with Crippen LogP contribution in [-0.2, 0) is 4.79 Å². The van der Waals surface area contributed by atoms with Crippen LogP contribution in [0, 0.1) is 11.8 Å². The highest BCUT2D eigenvalue weighted by Crippen LogP contribution is 2.01. The normalized spacial score (nSPS) is 9.00. The summed E-state index contributed by atoms with van der Waals surface area (Å²) in [6, 6.07) is 0. The fourth-order valence-electron chi connectivity index (χ4n) is 0.728. The van der Waals surface area contributed by atoms with Crippen molar-refractivity contribution in [2.24, 2.45) is 0 Å². The van der Waals surface area contributed by atoms with Crippen LogP contribution in [0.2, 0.25) is 0 Å². The molecule has 0 amide bonds. The summed E-state index contributed by atoms with van der Waals surface area (Å²) in [4.78, 5) is 17.2. The van der Waals surface area contributed by atoms with Gasteiger partial charge in [-0.15, -0.1) is 0 Å². The molecule has 0 atom stereocenters. The first-order valence-electron chi connectivity index (χ1n) is 3.89. The van der Waals surface area contributed by atoms with Gasteiger partial charge in [0, 0.05) is 19.1 Å². The Morgan fingerprint density at radius 2 is 2.62 bits per heavy atom. The van der Waals surface area contributed by atoms with Crippen LogP contribution < -0.4 is 0 Å².